The van der Waals surface area contributed by atoms with Crippen LogP contribution in [0.25, 0.3) is 5.70 Å². The Hall–Kier alpha value is -2.74. The van der Waals surface area contributed by atoms with Crippen molar-refractivity contribution in [2.45, 2.75) is 6.18 Å². The fourth-order valence-corrected chi connectivity index (χ4v) is 1.91. The van der Waals surface area contributed by atoms with Crippen molar-refractivity contribution in [1.82, 2.24) is 0 Å². The quantitative estimate of drug-likeness (QED) is 0.460. The molecule has 0 aliphatic carbocycles. The van der Waals surface area contributed by atoms with E-state index >= 15 is 0 Å². The molecule has 23 heavy (non-hydrogen) atoms. The first kappa shape index (κ1) is 16.6. The molecule has 0 atom stereocenters. The number of halogens is 4. The van der Waals surface area contributed by atoms with Gasteiger partial charge in [-0.1, -0.05) is 0 Å². The fraction of sp³-hybridized carbons (Fsp3) is 0.0667. The van der Waals surface area contributed by atoms with Crippen LogP contribution < -0.4 is 16.6 Å². The summed E-state index contributed by atoms with van der Waals surface area (Å²) in [6, 6.07) is 7.84. The van der Waals surface area contributed by atoms with Gasteiger partial charge in [0.25, 0.3) is 0 Å². The van der Waals surface area contributed by atoms with Crippen molar-refractivity contribution in [1.29, 1.82) is 0 Å². The molecule has 0 heterocycles. The molecule has 0 spiro atoms. The van der Waals surface area contributed by atoms with Crippen molar-refractivity contribution in [3.8, 4) is 5.75 Å². The van der Waals surface area contributed by atoms with E-state index in [9.17, 15) is 22.7 Å². The number of hydrogen-bond acceptors (Lipinski definition) is 4. The molecule has 0 amide bonds. The molecule has 0 aliphatic rings. The zero-order valence-electron chi connectivity index (χ0n) is 11.7. The minimum absolute atomic E-state index is 0.0176. The predicted molar refractivity (Wildman–Crippen MR) is 78.3 cm³/mol. The van der Waals surface area contributed by atoms with Crippen LogP contribution in [0, 0.1) is 5.82 Å². The molecule has 5 N–H and O–H groups in total. The summed E-state index contributed by atoms with van der Waals surface area (Å²) in [5.74, 6) is 4.61. The lowest BCUT2D eigenvalue weighted by atomic mass is 10.1. The van der Waals surface area contributed by atoms with Gasteiger partial charge in [-0.3, -0.25) is 5.01 Å². The number of anilines is 1. The molecule has 4 nitrogen and oxygen atoms in total. The molecule has 0 saturated heterocycles. The molecule has 2 aromatic carbocycles. The first-order valence-corrected chi connectivity index (χ1v) is 6.36. The maximum atomic E-state index is 13.1. The Labute approximate surface area is 129 Å². The van der Waals surface area contributed by atoms with E-state index in [1.807, 2.05) is 0 Å². The van der Waals surface area contributed by atoms with Gasteiger partial charge < -0.3 is 10.8 Å². The molecule has 8 heteroatoms. The molecule has 0 radical (unpaired) electrons. The molecule has 0 unspecified atom stereocenters. The van der Waals surface area contributed by atoms with Crippen LogP contribution in [-0.2, 0) is 6.18 Å². The summed E-state index contributed by atoms with van der Waals surface area (Å²) in [6.07, 6.45) is -3.69. The number of nitrogens with two attached hydrogens (primary N) is 2. The van der Waals surface area contributed by atoms with Crippen LogP contribution in [0.3, 0.4) is 0 Å². The Morgan fingerprint density at radius 1 is 1.09 bits per heavy atom. The maximum Gasteiger partial charge on any atom is 0.418 e. The van der Waals surface area contributed by atoms with Gasteiger partial charge in [0, 0.05) is 6.20 Å². The van der Waals surface area contributed by atoms with Crippen LogP contribution in [0.1, 0.15) is 11.1 Å². The third-order valence-corrected chi connectivity index (χ3v) is 3.02. The summed E-state index contributed by atoms with van der Waals surface area (Å²) >= 11 is 0. The van der Waals surface area contributed by atoms with E-state index in [0.29, 0.717) is 16.6 Å². The number of aromatic hydroxyl groups is 1. The van der Waals surface area contributed by atoms with E-state index in [1.54, 1.807) is 0 Å². The molecule has 0 aliphatic heterocycles. The maximum absolute atomic E-state index is 13.1. The predicted octanol–water partition coefficient (Wildman–Crippen LogP) is 3.19. The average molecular weight is 327 g/mol. The van der Waals surface area contributed by atoms with E-state index in [1.165, 1.54) is 24.3 Å². The second kappa shape index (κ2) is 6.17. The minimum atomic E-state index is -4.77. The highest BCUT2D eigenvalue weighted by molar-refractivity contribution is 5.67. The topological polar surface area (TPSA) is 75.5 Å². The van der Waals surface area contributed by atoms with Gasteiger partial charge in [0.2, 0.25) is 0 Å². The number of hydrogen-bond donors (Lipinski definition) is 3. The van der Waals surface area contributed by atoms with Gasteiger partial charge in [0.05, 0.1) is 16.9 Å². The highest BCUT2D eigenvalue weighted by Crippen LogP contribution is 2.36. The number of nitrogens with zero attached hydrogens (tertiary/aromatic N) is 1. The van der Waals surface area contributed by atoms with Crippen LogP contribution in [0.2, 0.25) is 0 Å². The molecular weight excluding hydrogens is 314 g/mol. The van der Waals surface area contributed by atoms with Gasteiger partial charge in [0.15, 0.2) is 0 Å². The van der Waals surface area contributed by atoms with E-state index in [0.717, 1.165) is 18.3 Å². The van der Waals surface area contributed by atoms with E-state index in [-0.39, 0.29) is 11.4 Å². The number of hydrazine groups is 1. The lowest BCUT2D eigenvalue weighted by Gasteiger charge is -2.20. The largest absolute Gasteiger partial charge is 0.508 e. The van der Waals surface area contributed by atoms with Gasteiger partial charge in [-0.15, -0.1) is 0 Å². The van der Waals surface area contributed by atoms with Gasteiger partial charge in [0.1, 0.15) is 11.6 Å². The van der Waals surface area contributed by atoms with Crippen LogP contribution in [-0.4, -0.2) is 5.11 Å². The Kier molecular flexibility index (Phi) is 4.46. The lowest BCUT2D eigenvalue weighted by Crippen LogP contribution is -2.28. The minimum Gasteiger partial charge on any atom is -0.508 e. The van der Waals surface area contributed by atoms with Crippen molar-refractivity contribution in [2.75, 3.05) is 5.01 Å². The zero-order chi connectivity index (χ0) is 17.2. The van der Waals surface area contributed by atoms with Crippen molar-refractivity contribution < 1.29 is 22.7 Å². The molecule has 0 aromatic heterocycles. The summed E-state index contributed by atoms with van der Waals surface area (Å²) in [5.41, 5.74) is 4.64. The molecule has 2 rings (SSSR count). The van der Waals surface area contributed by atoms with Crippen LogP contribution in [0.15, 0.2) is 48.7 Å². The van der Waals surface area contributed by atoms with Gasteiger partial charge in [-0.05, 0) is 48.0 Å². The van der Waals surface area contributed by atoms with Crippen molar-refractivity contribution in [3.05, 3.63) is 65.6 Å². The molecule has 0 fully saturated rings. The second-order valence-corrected chi connectivity index (χ2v) is 4.70. The highest BCUT2D eigenvalue weighted by Gasteiger charge is 2.35. The number of alkyl halides is 3. The second-order valence-electron chi connectivity index (χ2n) is 4.70. The number of phenols is 1. The highest BCUT2D eigenvalue weighted by atomic mass is 19.4. The fourth-order valence-electron chi connectivity index (χ4n) is 1.91. The third-order valence-electron chi connectivity index (χ3n) is 3.02. The van der Waals surface area contributed by atoms with Crippen molar-refractivity contribution >= 4 is 11.4 Å². The Bertz CT molecular complexity index is 726. The third kappa shape index (κ3) is 3.92. The molecule has 0 bridgehead atoms. The number of rotatable bonds is 3. The lowest BCUT2D eigenvalue weighted by molar-refractivity contribution is -0.137. The normalized spacial score (nSPS) is 12.3. The van der Waals surface area contributed by atoms with E-state index < -0.39 is 23.2 Å². The average Bonchev–Trinajstić information content (AvgIpc) is 2.46. The molecule has 2 aromatic rings. The summed E-state index contributed by atoms with van der Waals surface area (Å²) < 4.78 is 52.0. The standard InChI is InChI=1S/C15H13F4N3O/c16-10-3-6-14(12(7-10)15(17,18)19)22(21)8-13(20)9-1-4-11(23)5-2-9/h1-8,23H,20-21H2/b13-8-. The molecule has 0 saturated carbocycles. The monoisotopic (exact) mass is 327 g/mol. The van der Waals surface area contributed by atoms with Gasteiger partial charge in [-0.25, -0.2) is 10.2 Å². The molecule has 122 valence electrons. The molecular formula is C15H13F4N3O. The number of benzene rings is 2. The van der Waals surface area contributed by atoms with Crippen LogP contribution in [0.4, 0.5) is 23.2 Å². The number of phenolic OH excluding ortho intramolecular Hbond substituents is 1. The Balaban J connectivity index is 2.39. The van der Waals surface area contributed by atoms with E-state index in [2.05, 4.69) is 0 Å². The van der Waals surface area contributed by atoms with Crippen molar-refractivity contribution in [3.63, 3.8) is 0 Å². The summed E-state index contributed by atoms with van der Waals surface area (Å²) in [5, 5.41) is 9.87. The Morgan fingerprint density at radius 3 is 2.26 bits per heavy atom. The Morgan fingerprint density at radius 2 is 1.70 bits per heavy atom. The van der Waals surface area contributed by atoms with Crippen LogP contribution >= 0.6 is 0 Å². The summed E-state index contributed by atoms with van der Waals surface area (Å²) in [7, 11) is 0. The smallest absolute Gasteiger partial charge is 0.418 e. The van der Waals surface area contributed by atoms with E-state index in [4.69, 9.17) is 11.6 Å². The summed E-state index contributed by atoms with van der Waals surface area (Å²) in [4.78, 5) is 0. The SMILES string of the molecule is N/C(=C\N(N)c1ccc(F)cc1C(F)(F)F)c1ccc(O)cc1. The van der Waals surface area contributed by atoms with Crippen molar-refractivity contribution in [2.24, 2.45) is 11.6 Å². The van der Waals surface area contributed by atoms with Gasteiger partial charge >= 0.3 is 6.18 Å². The first-order chi connectivity index (χ1) is 10.7. The zero-order valence-corrected chi connectivity index (χ0v) is 11.7. The van der Waals surface area contributed by atoms with Gasteiger partial charge in [-0.2, -0.15) is 13.2 Å². The summed E-state index contributed by atoms with van der Waals surface area (Å²) in [6.45, 7) is 0. The van der Waals surface area contributed by atoms with Crippen LogP contribution in [0.5, 0.6) is 5.75 Å². The first-order valence-electron chi connectivity index (χ1n) is 6.36.